The molecule has 0 unspecified atom stereocenters. The number of phenolic OH excluding ortho intramolecular Hbond substituents is 1. The molecule has 0 saturated heterocycles. The second-order valence-electron chi connectivity index (χ2n) is 6.23. The number of benzene rings is 2. The van der Waals surface area contributed by atoms with Gasteiger partial charge in [0, 0.05) is 5.56 Å². The zero-order chi connectivity index (χ0) is 20.5. The lowest BCUT2D eigenvalue weighted by Crippen LogP contribution is -2.24. The van der Waals surface area contributed by atoms with E-state index in [0.29, 0.717) is 17.2 Å². The van der Waals surface area contributed by atoms with E-state index < -0.39 is 0 Å². The molecule has 7 heteroatoms. The Kier molecular flexibility index (Phi) is 7.68. The minimum absolute atomic E-state index is 0.0982. The SMILES string of the molecule is CC[C@H](C)c1ccc(OCC(=O)N/N=C/c2cc(OC)c(O)c(OC)c2)cc1. The second-order valence-corrected chi connectivity index (χ2v) is 6.23. The predicted octanol–water partition coefficient (Wildman–Crippen LogP) is 3.45. The maximum absolute atomic E-state index is 11.9. The van der Waals surface area contributed by atoms with Crippen molar-refractivity contribution in [2.24, 2.45) is 5.10 Å². The number of hydrogen-bond acceptors (Lipinski definition) is 6. The Morgan fingerprint density at radius 3 is 2.32 bits per heavy atom. The van der Waals surface area contributed by atoms with Crippen molar-refractivity contribution in [1.29, 1.82) is 0 Å². The van der Waals surface area contributed by atoms with Gasteiger partial charge in [-0.3, -0.25) is 4.79 Å². The second kappa shape index (κ2) is 10.2. The van der Waals surface area contributed by atoms with Crippen LogP contribution in [0.1, 0.15) is 37.3 Å². The Morgan fingerprint density at radius 2 is 1.79 bits per heavy atom. The van der Waals surface area contributed by atoms with Crippen molar-refractivity contribution in [2.45, 2.75) is 26.2 Å². The van der Waals surface area contributed by atoms with Crippen LogP contribution in [-0.2, 0) is 4.79 Å². The molecular formula is C21H26N2O5. The van der Waals surface area contributed by atoms with Crippen LogP contribution in [0.4, 0.5) is 0 Å². The molecule has 0 spiro atoms. The first-order valence-corrected chi connectivity index (χ1v) is 8.98. The maximum atomic E-state index is 11.9. The normalized spacial score (nSPS) is 11.9. The summed E-state index contributed by atoms with van der Waals surface area (Å²) in [5.74, 6) is 1.12. The van der Waals surface area contributed by atoms with Gasteiger partial charge in [-0.25, -0.2) is 5.43 Å². The zero-order valence-corrected chi connectivity index (χ0v) is 16.6. The van der Waals surface area contributed by atoms with Gasteiger partial charge in [-0.05, 0) is 42.2 Å². The molecule has 28 heavy (non-hydrogen) atoms. The number of nitrogens with one attached hydrogen (secondary N) is 1. The van der Waals surface area contributed by atoms with E-state index in [0.717, 1.165) is 6.42 Å². The summed E-state index contributed by atoms with van der Waals surface area (Å²) in [6.07, 6.45) is 2.49. The van der Waals surface area contributed by atoms with Gasteiger partial charge in [0.2, 0.25) is 5.75 Å². The third kappa shape index (κ3) is 5.64. The lowest BCUT2D eigenvalue weighted by atomic mass is 9.99. The van der Waals surface area contributed by atoms with E-state index >= 15 is 0 Å². The van der Waals surface area contributed by atoms with Crippen LogP contribution in [0.15, 0.2) is 41.5 Å². The van der Waals surface area contributed by atoms with Crippen molar-refractivity contribution in [2.75, 3.05) is 20.8 Å². The van der Waals surface area contributed by atoms with Crippen molar-refractivity contribution >= 4 is 12.1 Å². The lowest BCUT2D eigenvalue weighted by Gasteiger charge is -2.10. The van der Waals surface area contributed by atoms with Gasteiger partial charge >= 0.3 is 0 Å². The molecule has 0 saturated carbocycles. The molecule has 2 aromatic rings. The fraction of sp³-hybridized carbons (Fsp3) is 0.333. The van der Waals surface area contributed by atoms with Crippen molar-refractivity contribution in [3.05, 3.63) is 47.5 Å². The minimum Gasteiger partial charge on any atom is -0.502 e. The highest BCUT2D eigenvalue weighted by Gasteiger charge is 2.10. The summed E-state index contributed by atoms with van der Waals surface area (Å²) in [5.41, 5.74) is 4.22. The molecule has 1 amide bonds. The molecule has 150 valence electrons. The number of hydrogen-bond donors (Lipinski definition) is 2. The van der Waals surface area contributed by atoms with Crippen LogP contribution in [0.3, 0.4) is 0 Å². The van der Waals surface area contributed by atoms with Gasteiger partial charge in [0.15, 0.2) is 18.1 Å². The molecule has 0 bridgehead atoms. The van der Waals surface area contributed by atoms with E-state index in [1.165, 1.54) is 26.0 Å². The van der Waals surface area contributed by atoms with E-state index in [-0.39, 0.29) is 29.8 Å². The summed E-state index contributed by atoms with van der Waals surface area (Å²) in [6.45, 7) is 4.16. The molecule has 0 fully saturated rings. The summed E-state index contributed by atoms with van der Waals surface area (Å²) < 4.78 is 15.6. The highest BCUT2D eigenvalue weighted by atomic mass is 16.5. The van der Waals surface area contributed by atoms with E-state index in [1.807, 2.05) is 24.3 Å². The van der Waals surface area contributed by atoms with Crippen LogP contribution < -0.4 is 19.6 Å². The smallest absolute Gasteiger partial charge is 0.277 e. The standard InChI is InChI=1S/C21H26N2O5/c1-5-14(2)16-6-8-17(9-7-16)28-13-20(24)23-22-12-15-10-18(26-3)21(25)19(11-15)27-4/h6-12,14,25H,5,13H2,1-4H3,(H,23,24)/b22-12+/t14-/m0/s1. The Labute approximate surface area is 164 Å². The monoisotopic (exact) mass is 386 g/mol. The first-order valence-electron chi connectivity index (χ1n) is 8.98. The van der Waals surface area contributed by atoms with Crippen LogP contribution in [0.5, 0.6) is 23.0 Å². The third-order valence-electron chi connectivity index (χ3n) is 4.34. The van der Waals surface area contributed by atoms with Gasteiger partial charge < -0.3 is 19.3 Å². The Morgan fingerprint density at radius 1 is 1.18 bits per heavy atom. The largest absolute Gasteiger partial charge is 0.502 e. The van der Waals surface area contributed by atoms with Gasteiger partial charge in [-0.2, -0.15) is 5.10 Å². The first-order chi connectivity index (χ1) is 13.5. The highest BCUT2D eigenvalue weighted by Crippen LogP contribution is 2.36. The van der Waals surface area contributed by atoms with Crippen molar-refractivity contribution in [3.8, 4) is 23.0 Å². The fourth-order valence-electron chi connectivity index (χ4n) is 2.48. The van der Waals surface area contributed by atoms with Crippen molar-refractivity contribution in [3.63, 3.8) is 0 Å². The van der Waals surface area contributed by atoms with Crippen LogP contribution in [0.2, 0.25) is 0 Å². The summed E-state index contributed by atoms with van der Waals surface area (Å²) in [4.78, 5) is 11.9. The number of aromatic hydroxyl groups is 1. The van der Waals surface area contributed by atoms with Crippen LogP contribution >= 0.6 is 0 Å². The van der Waals surface area contributed by atoms with E-state index in [1.54, 1.807) is 12.1 Å². The quantitative estimate of drug-likeness (QED) is 0.509. The summed E-state index contributed by atoms with van der Waals surface area (Å²) >= 11 is 0. The van der Waals surface area contributed by atoms with Crippen molar-refractivity contribution < 1.29 is 24.1 Å². The number of carbonyl (C=O) groups is 1. The number of rotatable bonds is 9. The van der Waals surface area contributed by atoms with Gasteiger partial charge in [0.05, 0.1) is 20.4 Å². The Bertz CT molecular complexity index is 793. The molecular weight excluding hydrogens is 360 g/mol. The Balaban J connectivity index is 1.88. The molecule has 0 aromatic heterocycles. The topological polar surface area (TPSA) is 89.4 Å². The summed E-state index contributed by atoms with van der Waals surface area (Å²) in [5, 5.41) is 13.8. The van der Waals surface area contributed by atoms with Crippen LogP contribution in [0, 0.1) is 0 Å². The zero-order valence-electron chi connectivity index (χ0n) is 16.6. The van der Waals surface area contributed by atoms with E-state index in [9.17, 15) is 9.90 Å². The van der Waals surface area contributed by atoms with Crippen LogP contribution in [-0.4, -0.2) is 38.1 Å². The fourth-order valence-corrected chi connectivity index (χ4v) is 2.48. The van der Waals surface area contributed by atoms with Crippen molar-refractivity contribution in [1.82, 2.24) is 5.43 Å². The minimum atomic E-state index is -0.389. The number of carbonyl (C=O) groups excluding carboxylic acids is 1. The number of nitrogens with zero attached hydrogens (tertiary/aromatic N) is 1. The third-order valence-corrected chi connectivity index (χ3v) is 4.34. The number of amides is 1. The molecule has 0 heterocycles. The molecule has 1 atom stereocenters. The lowest BCUT2D eigenvalue weighted by molar-refractivity contribution is -0.123. The molecule has 7 nitrogen and oxygen atoms in total. The summed E-state index contributed by atoms with van der Waals surface area (Å²) in [6, 6.07) is 10.9. The van der Waals surface area contributed by atoms with Gasteiger partial charge in [0.1, 0.15) is 5.75 Å². The molecule has 0 aliphatic carbocycles. The highest BCUT2D eigenvalue weighted by molar-refractivity contribution is 5.84. The maximum Gasteiger partial charge on any atom is 0.277 e. The molecule has 0 aliphatic rings. The summed E-state index contributed by atoms with van der Waals surface area (Å²) in [7, 11) is 2.87. The van der Waals surface area contributed by atoms with Gasteiger partial charge in [-0.15, -0.1) is 0 Å². The number of hydrazone groups is 1. The van der Waals surface area contributed by atoms with E-state index in [2.05, 4.69) is 24.4 Å². The number of phenols is 1. The molecule has 2 N–H and O–H groups in total. The number of ether oxygens (including phenoxy) is 3. The molecule has 2 aromatic carbocycles. The average molecular weight is 386 g/mol. The van der Waals surface area contributed by atoms with Crippen LogP contribution in [0.25, 0.3) is 0 Å². The van der Waals surface area contributed by atoms with Gasteiger partial charge in [0.25, 0.3) is 5.91 Å². The first kappa shape index (κ1) is 21.1. The Hall–Kier alpha value is -3.22. The van der Waals surface area contributed by atoms with Gasteiger partial charge in [-0.1, -0.05) is 26.0 Å². The average Bonchev–Trinajstić information content (AvgIpc) is 2.72. The van der Waals surface area contributed by atoms with E-state index in [4.69, 9.17) is 14.2 Å². The molecule has 0 radical (unpaired) electrons. The predicted molar refractivity (Wildman–Crippen MR) is 108 cm³/mol. The molecule has 2 rings (SSSR count). The number of methoxy groups -OCH3 is 2. The molecule has 0 aliphatic heterocycles.